The molecular formula is C12H12N6. The number of rotatable bonds is 1. The molecule has 18 heavy (non-hydrogen) atoms. The average molecular weight is 240 g/mol. The summed E-state index contributed by atoms with van der Waals surface area (Å²) in [5.74, 6) is 1.51. The van der Waals surface area contributed by atoms with Crippen LogP contribution in [0.25, 0.3) is 17.2 Å². The van der Waals surface area contributed by atoms with Crippen molar-refractivity contribution in [2.45, 2.75) is 13.8 Å². The molecule has 3 aromatic rings. The number of hydrogen-bond acceptors (Lipinski definition) is 5. The number of fused-ring (bicyclic) bond motifs is 1. The summed E-state index contributed by atoms with van der Waals surface area (Å²) >= 11 is 0. The summed E-state index contributed by atoms with van der Waals surface area (Å²) in [6, 6.07) is 5.51. The number of anilines is 1. The van der Waals surface area contributed by atoms with Crippen molar-refractivity contribution in [3.05, 3.63) is 35.9 Å². The Morgan fingerprint density at radius 2 is 2.00 bits per heavy atom. The van der Waals surface area contributed by atoms with Gasteiger partial charge in [-0.05, 0) is 26.0 Å². The number of aryl methyl sites for hydroxylation is 2. The van der Waals surface area contributed by atoms with Gasteiger partial charge in [0, 0.05) is 11.8 Å². The van der Waals surface area contributed by atoms with E-state index < -0.39 is 0 Å². The molecule has 0 amide bonds. The van der Waals surface area contributed by atoms with Crippen molar-refractivity contribution in [2.75, 3.05) is 5.73 Å². The second kappa shape index (κ2) is 3.76. The number of nitrogen functional groups attached to an aromatic ring is 1. The van der Waals surface area contributed by atoms with Crippen molar-refractivity contribution >= 4 is 11.3 Å². The van der Waals surface area contributed by atoms with Crippen LogP contribution in [0.5, 0.6) is 0 Å². The van der Waals surface area contributed by atoms with E-state index in [0.717, 1.165) is 22.9 Å². The highest BCUT2D eigenvalue weighted by molar-refractivity contribution is 5.57. The van der Waals surface area contributed by atoms with Crippen molar-refractivity contribution in [3.8, 4) is 11.5 Å². The fraction of sp³-hybridized carbons (Fsp3) is 0.167. The minimum absolute atomic E-state index is 0.623. The molecule has 3 heterocycles. The van der Waals surface area contributed by atoms with Crippen molar-refractivity contribution in [1.82, 2.24) is 24.6 Å². The molecular weight excluding hydrogens is 228 g/mol. The van der Waals surface area contributed by atoms with Gasteiger partial charge in [0.2, 0.25) is 0 Å². The van der Waals surface area contributed by atoms with Gasteiger partial charge in [-0.1, -0.05) is 0 Å². The summed E-state index contributed by atoms with van der Waals surface area (Å²) in [5, 5.41) is 8.31. The second-order valence-electron chi connectivity index (χ2n) is 4.14. The molecule has 0 saturated carbocycles. The Hall–Kier alpha value is -2.50. The van der Waals surface area contributed by atoms with Gasteiger partial charge in [0.1, 0.15) is 11.5 Å². The molecule has 3 rings (SSSR count). The monoisotopic (exact) mass is 240 g/mol. The van der Waals surface area contributed by atoms with E-state index >= 15 is 0 Å². The zero-order chi connectivity index (χ0) is 12.7. The summed E-state index contributed by atoms with van der Waals surface area (Å²) in [6.07, 6.45) is 1.60. The van der Waals surface area contributed by atoms with Crippen molar-refractivity contribution < 1.29 is 0 Å². The van der Waals surface area contributed by atoms with Crippen LogP contribution in [0, 0.1) is 13.8 Å². The maximum atomic E-state index is 5.62. The van der Waals surface area contributed by atoms with Crippen LogP contribution < -0.4 is 5.73 Å². The van der Waals surface area contributed by atoms with Gasteiger partial charge < -0.3 is 5.73 Å². The molecule has 0 aliphatic carbocycles. The lowest BCUT2D eigenvalue weighted by Crippen LogP contribution is -2.00. The molecule has 0 fully saturated rings. The van der Waals surface area contributed by atoms with Crippen molar-refractivity contribution in [1.29, 1.82) is 0 Å². The Labute approximate surface area is 104 Å². The van der Waals surface area contributed by atoms with Gasteiger partial charge in [-0.25, -0.2) is 4.98 Å². The van der Waals surface area contributed by atoms with Gasteiger partial charge in [-0.3, -0.25) is 9.38 Å². The number of aromatic nitrogens is 5. The first-order valence-corrected chi connectivity index (χ1v) is 5.56. The van der Waals surface area contributed by atoms with Gasteiger partial charge in [-0.15, -0.1) is 10.2 Å². The first-order chi connectivity index (χ1) is 8.65. The molecule has 0 bridgehead atoms. The Bertz CT molecular complexity index is 713. The van der Waals surface area contributed by atoms with E-state index in [1.807, 2.05) is 30.4 Å². The van der Waals surface area contributed by atoms with Crippen LogP contribution in [0.15, 0.2) is 24.4 Å². The van der Waals surface area contributed by atoms with Crippen LogP contribution >= 0.6 is 0 Å². The SMILES string of the molecule is Cc1cc2nnc(-c3ccc(N)cn3)n2c(C)n1. The minimum Gasteiger partial charge on any atom is -0.397 e. The van der Waals surface area contributed by atoms with E-state index in [1.54, 1.807) is 12.3 Å². The van der Waals surface area contributed by atoms with Gasteiger partial charge >= 0.3 is 0 Å². The highest BCUT2D eigenvalue weighted by atomic mass is 15.3. The van der Waals surface area contributed by atoms with Gasteiger partial charge in [0.05, 0.1) is 11.9 Å². The molecule has 0 radical (unpaired) electrons. The first kappa shape index (κ1) is 10.6. The van der Waals surface area contributed by atoms with E-state index in [0.29, 0.717) is 11.5 Å². The fourth-order valence-corrected chi connectivity index (χ4v) is 1.94. The van der Waals surface area contributed by atoms with Crippen LogP contribution in [0.3, 0.4) is 0 Å². The molecule has 0 spiro atoms. The fourth-order valence-electron chi connectivity index (χ4n) is 1.94. The summed E-state index contributed by atoms with van der Waals surface area (Å²) in [5.41, 5.74) is 8.67. The van der Waals surface area contributed by atoms with E-state index in [1.165, 1.54) is 0 Å². The van der Waals surface area contributed by atoms with Crippen molar-refractivity contribution in [3.63, 3.8) is 0 Å². The standard InChI is InChI=1S/C12H12N6/c1-7-5-11-16-17-12(18(11)8(2)15-7)10-4-3-9(13)6-14-10/h3-6H,13H2,1-2H3. The smallest absolute Gasteiger partial charge is 0.188 e. The molecule has 0 atom stereocenters. The summed E-state index contributed by atoms with van der Waals surface area (Å²) in [4.78, 5) is 8.67. The zero-order valence-electron chi connectivity index (χ0n) is 10.1. The third-order valence-corrected chi connectivity index (χ3v) is 2.70. The zero-order valence-corrected chi connectivity index (χ0v) is 10.1. The Morgan fingerprint density at radius 1 is 1.17 bits per heavy atom. The highest BCUT2D eigenvalue weighted by Crippen LogP contribution is 2.18. The number of hydrogen-bond donors (Lipinski definition) is 1. The van der Waals surface area contributed by atoms with Crippen LogP contribution in [0.2, 0.25) is 0 Å². The number of pyridine rings is 1. The van der Waals surface area contributed by atoms with E-state index in [4.69, 9.17) is 5.73 Å². The highest BCUT2D eigenvalue weighted by Gasteiger charge is 2.12. The van der Waals surface area contributed by atoms with Crippen LogP contribution in [0.4, 0.5) is 5.69 Å². The maximum absolute atomic E-state index is 5.62. The Balaban J connectivity index is 2.27. The lowest BCUT2D eigenvalue weighted by molar-refractivity contribution is 0.957. The predicted molar refractivity (Wildman–Crippen MR) is 67.9 cm³/mol. The molecule has 0 saturated heterocycles. The summed E-state index contributed by atoms with van der Waals surface area (Å²) in [6.45, 7) is 3.85. The van der Waals surface area contributed by atoms with E-state index in [-0.39, 0.29) is 0 Å². The maximum Gasteiger partial charge on any atom is 0.188 e. The number of nitrogens with zero attached hydrogens (tertiary/aromatic N) is 5. The van der Waals surface area contributed by atoms with E-state index in [9.17, 15) is 0 Å². The first-order valence-electron chi connectivity index (χ1n) is 5.56. The number of nitrogens with two attached hydrogens (primary N) is 1. The van der Waals surface area contributed by atoms with Gasteiger partial charge in [0.25, 0.3) is 0 Å². The normalized spacial score (nSPS) is 11.0. The summed E-state index contributed by atoms with van der Waals surface area (Å²) in [7, 11) is 0. The lowest BCUT2D eigenvalue weighted by atomic mass is 10.3. The third kappa shape index (κ3) is 1.58. The van der Waals surface area contributed by atoms with Crippen LogP contribution in [0.1, 0.15) is 11.5 Å². The molecule has 0 aliphatic rings. The quantitative estimate of drug-likeness (QED) is 0.695. The lowest BCUT2D eigenvalue weighted by Gasteiger charge is -2.03. The molecule has 0 unspecified atom stereocenters. The van der Waals surface area contributed by atoms with Crippen LogP contribution in [-0.2, 0) is 0 Å². The molecule has 0 aliphatic heterocycles. The topological polar surface area (TPSA) is 82.0 Å². The van der Waals surface area contributed by atoms with Gasteiger partial charge in [0.15, 0.2) is 11.5 Å². The largest absolute Gasteiger partial charge is 0.397 e. The molecule has 2 N–H and O–H groups in total. The average Bonchev–Trinajstić information content (AvgIpc) is 2.74. The van der Waals surface area contributed by atoms with Gasteiger partial charge in [-0.2, -0.15) is 0 Å². The van der Waals surface area contributed by atoms with Crippen LogP contribution in [-0.4, -0.2) is 24.6 Å². The molecule has 90 valence electrons. The van der Waals surface area contributed by atoms with Crippen molar-refractivity contribution in [2.24, 2.45) is 0 Å². The Morgan fingerprint density at radius 3 is 2.72 bits per heavy atom. The molecule has 3 aromatic heterocycles. The molecule has 6 nitrogen and oxygen atoms in total. The van der Waals surface area contributed by atoms with E-state index in [2.05, 4.69) is 20.2 Å². The summed E-state index contributed by atoms with van der Waals surface area (Å²) < 4.78 is 1.88. The molecule has 6 heteroatoms. The predicted octanol–water partition coefficient (Wildman–Crippen LogP) is 1.39. The second-order valence-corrected chi connectivity index (χ2v) is 4.14. The minimum atomic E-state index is 0.623. The molecule has 0 aromatic carbocycles. The third-order valence-electron chi connectivity index (χ3n) is 2.70. The Kier molecular flexibility index (Phi) is 2.22.